The average molecular weight is 293 g/mol. The minimum Gasteiger partial charge on any atom is -0.334 e. The summed E-state index contributed by atoms with van der Waals surface area (Å²) < 4.78 is 31.3. The maximum atomic E-state index is 13.3. The van der Waals surface area contributed by atoms with E-state index in [0.717, 1.165) is 17.7 Å². The number of rotatable bonds is 2. The van der Waals surface area contributed by atoms with Crippen LogP contribution in [0.4, 0.5) is 8.78 Å². The number of benzene rings is 2. The van der Waals surface area contributed by atoms with Gasteiger partial charge in [-0.25, -0.2) is 8.78 Å². The van der Waals surface area contributed by atoms with Crippen LogP contribution in [0.25, 0.3) is 22.8 Å². The molecular formula is C14H7ClF2N2O. The molecule has 0 bridgehead atoms. The van der Waals surface area contributed by atoms with Crippen LogP contribution in [-0.2, 0) is 0 Å². The lowest BCUT2D eigenvalue weighted by Gasteiger charge is -1.99. The van der Waals surface area contributed by atoms with E-state index in [1.165, 1.54) is 0 Å². The second-order valence-electron chi connectivity index (χ2n) is 4.04. The van der Waals surface area contributed by atoms with Crippen LogP contribution in [0.2, 0.25) is 5.02 Å². The van der Waals surface area contributed by atoms with Crippen molar-refractivity contribution in [3.8, 4) is 22.8 Å². The van der Waals surface area contributed by atoms with Gasteiger partial charge in [-0.05, 0) is 12.1 Å². The van der Waals surface area contributed by atoms with E-state index in [-0.39, 0.29) is 16.5 Å². The quantitative estimate of drug-likeness (QED) is 0.660. The first kappa shape index (κ1) is 12.7. The van der Waals surface area contributed by atoms with E-state index in [1.807, 2.05) is 30.3 Å². The Kier molecular flexibility index (Phi) is 3.20. The summed E-state index contributed by atoms with van der Waals surface area (Å²) in [4.78, 5) is 4.13. The maximum Gasteiger partial charge on any atom is 0.259 e. The molecule has 0 N–H and O–H groups in total. The number of hydrogen-bond donors (Lipinski definition) is 0. The molecule has 0 amide bonds. The number of hydrogen-bond acceptors (Lipinski definition) is 3. The van der Waals surface area contributed by atoms with E-state index in [0.29, 0.717) is 5.82 Å². The molecule has 100 valence electrons. The van der Waals surface area contributed by atoms with Crippen molar-refractivity contribution in [2.45, 2.75) is 0 Å². The first-order chi connectivity index (χ1) is 9.65. The number of nitrogens with zero attached hydrogens (tertiary/aromatic N) is 2. The van der Waals surface area contributed by atoms with Crippen LogP contribution >= 0.6 is 11.6 Å². The largest absolute Gasteiger partial charge is 0.334 e. The SMILES string of the molecule is Fc1cc(Cl)c(-c2nc(-c3ccccc3)no2)cc1F. The Labute approximate surface area is 117 Å². The summed E-state index contributed by atoms with van der Waals surface area (Å²) in [6.45, 7) is 0. The van der Waals surface area contributed by atoms with Crippen molar-refractivity contribution in [2.24, 2.45) is 0 Å². The molecule has 0 saturated heterocycles. The number of halogens is 3. The molecule has 0 atom stereocenters. The fraction of sp³-hybridized carbons (Fsp3) is 0. The van der Waals surface area contributed by atoms with Crippen LogP contribution in [0.15, 0.2) is 47.0 Å². The summed E-state index contributed by atoms with van der Waals surface area (Å²) in [5, 5.41) is 3.80. The summed E-state index contributed by atoms with van der Waals surface area (Å²) in [5.74, 6) is -1.67. The van der Waals surface area contributed by atoms with E-state index >= 15 is 0 Å². The predicted molar refractivity (Wildman–Crippen MR) is 70.1 cm³/mol. The standard InChI is InChI=1S/C14H7ClF2N2O/c15-10-7-12(17)11(16)6-9(10)14-18-13(19-20-14)8-4-2-1-3-5-8/h1-7H. The average Bonchev–Trinajstić information content (AvgIpc) is 2.93. The lowest BCUT2D eigenvalue weighted by Crippen LogP contribution is -1.88. The van der Waals surface area contributed by atoms with Crippen LogP contribution < -0.4 is 0 Å². The molecule has 0 aliphatic rings. The van der Waals surface area contributed by atoms with Gasteiger partial charge in [-0.2, -0.15) is 4.98 Å². The van der Waals surface area contributed by atoms with E-state index < -0.39 is 11.6 Å². The maximum absolute atomic E-state index is 13.3. The summed E-state index contributed by atoms with van der Waals surface area (Å²) in [7, 11) is 0. The van der Waals surface area contributed by atoms with Gasteiger partial charge in [-0.1, -0.05) is 47.1 Å². The first-order valence-corrected chi connectivity index (χ1v) is 6.07. The molecule has 1 heterocycles. The monoisotopic (exact) mass is 292 g/mol. The molecule has 0 unspecified atom stereocenters. The molecule has 2 aromatic carbocycles. The third-order valence-corrected chi connectivity index (χ3v) is 3.01. The molecule has 3 nitrogen and oxygen atoms in total. The van der Waals surface area contributed by atoms with E-state index in [2.05, 4.69) is 10.1 Å². The molecule has 3 rings (SSSR count). The van der Waals surface area contributed by atoms with Crippen molar-refractivity contribution < 1.29 is 13.3 Å². The molecule has 20 heavy (non-hydrogen) atoms. The third-order valence-electron chi connectivity index (χ3n) is 2.70. The van der Waals surface area contributed by atoms with E-state index in [9.17, 15) is 8.78 Å². The van der Waals surface area contributed by atoms with Gasteiger partial charge in [0.1, 0.15) is 0 Å². The fourth-order valence-corrected chi connectivity index (χ4v) is 1.95. The smallest absolute Gasteiger partial charge is 0.259 e. The van der Waals surface area contributed by atoms with Crippen molar-refractivity contribution in [2.75, 3.05) is 0 Å². The molecule has 0 spiro atoms. The lowest BCUT2D eigenvalue weighted by molar-refractivity contribution is 0.431. The Bertz CT molecular complexity index is 759. The van der Waals surface area contributed by atoms with Gasteiger partial charge in [0.2, 0.25) is 5.82 Å². The Morgan fingerprint density at radius 1 is 1.00 bits per heavy atom. The van der Waals surface area contributed by atoms with Crippen LogP contribution in [0.3, 0.4) is 0 Å². The highest BCUT2D eigenvalue weighted by atomic mass is 35.5. The van der Waals surface area contributed by atoms with Crippen LogP contribution in [-0.4, -0.2) is 10.1 Å². The van der Waals surface area contributed by atoms with Gasteiger partial charge in [-0.3, -0.25) is 0 Å². The van der Waals surface area contributed by atoms with Gasteiger partial charge in [-0.15, -0.1) is 0 Å². The molecule has 0 aliphatic carbocycles. The predicted octanol–water partition coefficient (Wildman–Crippen LogP) is 4.34. The van der Waals surface area contributed by atoms with Crippen LogP contribution in [0.1, 0.15) is 0 Å². The van der Waals surface area contributed by atoms with Gasteiger partial charge >= 0.3 is 0 Å². The Morgan fingerprint density at radius 3 is 2.45 bits per heavy atom. The fourth-order valence-electron chi connectivity index (χ4n) is 1.72. The molecule has 0 aliphatic heterocycles. The van der Waals surface area contributed by atoms with Gasteiger partial charge in [0.25, 0.3) is 5.89 Å². The zero-order chi connectivity index (χ0) is 14.1. The summed E-state index contributed by atoms with van der Waals surface area (Å²) >= 11 is 5.86. The van der Waals surface area contributed by atoms with Gasteiger partial charge < -0.3 is 4.52 Å². The molecule has 6 heteroatoms. The second-order valence-corrected chi connectivity index (χ2v) is 4.44. The summed E-state index contributed by atoms with van der Waals surface area (Å²) in [6.07, 6.45) is 0. The molecule has 0 saturated carbocycles. The van der Waals surface area contributed by atoms with Crippen molar-refractivity contribution in [1.82, 2.24) is 10.1 Å². The van der Waals surface area contributed by atoms with Crippen molar-refractivity contribution in [3.63, 3.8) is 0 Å². The lowest BCUT2D eigenvalue weighted by atomic mass is 10.2. The third kappa shape index (κ3) is 2.28. The highest BCUT2D eigenvalue weighted by Gasteiger charge is 2.16. The number of aromatic nitrogens is 2. The second kappa shape index (κ2) is 5.02. The van der Waals surface area contributed by atoms with Gasteiger partial charge in [0.05, 0.1) is 10.6 Å². The molecule has 3 aromatic rings. The normalized spacial score (nSPS) is 10.8. The van der Waals surface area contributed by atoms with Crippen LogP contribution in [0.5, 0.6) is 0 Å². The Balaban J connectivity index is 2.05. The zero-order valence-corrected chi connectivity index (χ0v) is 10.7. The zero-order valence-electron chi connectivity index (χ0n) is 9.98. The van der Waals surface area contributed by atoms with E-state index in [4.69, 9.17) is 16.1 Å². The van der Waals surface area contributed by atoms with Crippen LogP contribution in [0, 0.1) is 11.6 Å². The van der Waals surface area contributed by atoms with E-state index in [1.54, 1.807) is 0 Å². The minimum absolute atomic E-state index is 0.00663. The first-order valence-electron chi connectivity index (χ1n) is 5.69. The molecule has 1 aromatic heterocycles. The van der Waals surface area contributed by atoms with Crippen molar-refractivity contribution in [3.05, 3.63) is 59.1 Å². The molecular weight excluding hydrogens is 286 g/mol. The highest BCUT2D eigenvalue weighted by molar-refractivity contribution is 6.33. The van der Waals surface area contributed by atoms with Gasteiger partial charge in [0, 0.05) is 5.56 Å². The summed E-state index contributed by atoms with van der Waals surface area (Å²) in [6, 6.07) is 10.9. The van der Waals surface area contributed by atoms with Gasteiger partial charge in [0.15, 0.2) is 11.6 Å². The van der Waals surface area contributed by atoms with Crippen molar-refractivity contribution in [1.29, 1.82) is 0 Å². The highest BCUT2D eigenvalue weighted by Crippen LogP contribution is 2.30. The van der Waals surface area contributed by atoms with Crippen molar-refractivity contribution >= 4 is 11.6 Å². The Hall–Kier alpha value is -2.27. The topological polar surface area (TPSA) is 38.9 Å². The Morgan fingerprint density at radius 2 is 1.70 bits per heavy atom. The molecule has 0 fully saturated rings. The molecule has 0 radical (unpaired) electrons. The summed E-state index contributed by atoms with van der Waals surface area (Å²) in [5.41, 5.74) is 0.904. The minimum atomic E-state index is -1.03.